The van der Waals surface area contributed by atoms with Gasteiger partial charge in [0.1, 0.15) is 6.54 Å². The highest BCUT2D eigenvalue weighted by Gasteiger charge is 2.31. The molecule has 0 bridgehead atoms. The second-order valence-corrected chi connectivity index (χ2v) is 6.83. The molecule has 3 rings (SSSR count). The maximum Gasteiger partial charge on any atom is 0.417 e. The van der Waals surface area contributed by atoms with Crippen LogP contribution < -0.4 is 15.2 Å². The smallest absolute Gasteiger partial charge is 0.417 e. The topological polar surface area (TPSA) is 80.6 Å². The molecule has 0 unspecified atom stereocenters. The number of pyridine rings is 1. The van der Waals surface area contributed by atoms with Gasteiger partial charge < -0.3 is 19.1 Å². The largest absolute Gasteiger partial charge is 0.478 e. The Morgan fingerprint density at radius 2 is 1.87 bits per heavy atom. The van der Waals surface area contributed by atoms with Crippen molar-refractivity contribution in [3.05, 3.63) is 46.0 Å². The first-order valence-electron chi connectivity index (χ1n) is 9.46. The quantitative estimate of drug-likeness (QED) is 0.726. The first kappa shape index (κ1) is 21.6. The Morgan fingerprint density at radius 1 is 1.17 bits per heavy atom. The van der Waals surface area contributed by atoms with Crippen molar-refractivity contribution in [2.24, 2.45) is 0 Å². The molecule has 0 N–H and O–H groups in total. The van der Waals surface area contributed by atoms with E-state index >= 15 is 0 Å². The molecule has 1 aliphatic heterocycles. The van der Waals surface area contributed by atoms with E-state index in [1.807, 2.05) is 18.7 Å². The number of carbonyl (C=O) groups excluding carboxylic acids is 1. The van der Waals surface area contributed by atoms with Crippen molar-refractivity contribution in [2.45, 2.75) is 26.6 Å². The third-order valence-corrected chi connectivity index (χ3v) is 4.64. The number of rotatable bonds is 5. The Labute approximate surface area is 170 Å². The number of aromatic nitrogens is 3. The SMILES string of the molecule is CCOc1cc(C)nc(N2CCN(C(=O)Cn3cc(C(F)(F)F)ccc3=O)CC2)n1. The van der Waals surface area contributed by atoms with E-state index in [0.717, 1.165) is 16.3 Å². The van der Waals surface area contributed by atoms with E-state index in [-0.39, 0.29) is 0 Å². The van der Waals surface area contributed by atoms with Crippen LogP contribution in [0.3, 0.4) is 0 Å². The van der Waals surface area contributed by atoms with Crippen LogP contribution in [0.5, 0.6) is 5.88 Å². The molecular formula is C19H22F3N5O3. The van der Waals surface area contributed by atoms with E-state index in [1.165, 1.54) is 4.90 Å². The third-order valence-electron chi connectivity index (χ3n) is 4.64. The average molecular weight is 425 g/mol. The molecule has 0 radical (unpaired) electrons. The molecule has 3 heterocycles. The molecule has 30 heavy (non-hydrogen) atoms. The van der Waals surface area contributed by atoms with Crippen LogP contribution in [0, 0.1) is 6.92 Å². The van der Waals surface area contributed by atoms with Gasteiger partial charge in [-0.05, 0) is 19.9 Å². The van der Waals surface area contributed by atoms with Crippen molar-refractivity contribution in [2.75, 3.05) is 37.7 Å². The zero-order chi connectivity index (χ0) is 21.9. The molecule has 1 fully saturated rings. The molecule has 0 saturated carbocycles. The maximum atomic E-state index is 12.9. The lowest BCUT2D eigenvalue weighted by atomic mass is 10.2. The summed E-state index contributed by atoms with van der Waals surface area (Å²) in [4.78, 5) is 36.6. The molecule has 0 aliphatic carbocycles. The summed E-state index contributed by atoms with van der Waals surface area (Å²) in [6.45, 7) is 5.32. The molecule has 0 spiro atoms. The Morgan fingerprint density at radius 3 is 2.50 bits per heavy atom. The van der Waals surface area contributed by atoms with E-state index < -0.39 is 29.8 Å². The molecule has 11 heteroatoms. The molecule has 1 saturated heterocycles. The summed E-state index contributed by atoms with van der Waals surface area (Å²) in [5, 5.41) is 0. The van der Waals surface area contributed by atoms with Gasteiger partial charge in [-0.1, -0.05) is 0 Å². The van der Waals surface area contributed by atoms with Crippen LogP contribution in [0.15, 0.2) is 29.2 Å². The van der Waals surface area contributed by atoms with Gasteiger partial charge in [0.15, 0.2) is 0 Å². The molecule has 2 aromatic rings. The number of ether oxygens (including phenoxy) is 1. The van der Waals surface area contributed by atoms with Gasteiger partial charge in [-0.15, -0.1) is 0 Å². The zero-order valence-corrected chi connectivity index (χ0v) is 16.6. The zero-order valence-electron chi connectivity index (χ0n) is 16.6. The van der Waals surface area contributed by atoms with Crippen LogP contribution >= 0.6 is 0 Å². The van der Waals surface area contributed by atoms with Crippen molar-refractivity contribution in [3.63, 3.8) is 0 Å². The fourth-order valence-electron chi connectivity index (χ4n) is 3.11. The fraction of sp³-hybridized carbons (Fsp3) is 0.474. The van der Waals surface area contributed by atoms with Gasteiger partial charge in [0.25, 0.3) is 5.56 Å². The monoisotopic (exact) mass is 425 g/mol. The number of hydrogen-bond acceptors (Lipinski definition) is 6. The van der Waals surface area contributed by atoms with E-state index in [4.69, 9.17) is 4.74 Å². The van der Waals surface area contributed by atoms with Gasteiger partial charge in [-0.3, -0.25) is 9.59 Å². The van der Waals surface area contributed by atoms with E-state index in [0.29, 0.717) is 56.9 Å². The minimum Gasteiger partial charge on any atom is -0.478 e. The summed E-state index contributed by atoms with van der Waals surface area (Å²) in [6, 6.07) is 3.26. The minimum absolute atomic E-state index is 0.341. The standard InChI is InChI=1S/C19H22F3N5O3/c1-3-30-15-10-13(2)23-18(24-15)26-8-6-25(7-9-26)17(29)12-27-11-14(19(20,21)22)4-5-16(27)28/h4-5,10-11H,3,6-9,12H2,1-2H3. The van der Waals surface area contributed by atoms with E-state index in [2.05, 4.69) is 9.97 Å². The normalized spacial score (nSPS) is 14.7. The third kappa shape index (κ3) is 5.08. The van der Waals surface area contributed by atoms with Crippen LogP contribution in [0.1, 0.15) is 18.2 Å². The second kappa shape index (κ2) is 8.72. The summed E-state index contributed by atoms with van der Waals surface area (Å²) in [7, 11) is 0. The summed E-state index contributed by atoms with van der Waals surface area (Å²) in [6.07, 6.45) is -3.91. The maximum absolute atomic E-state index is 12.9. The molecule has 1 amide bonds. The van der Waals surface area contributed by atoms with Gasteiger partial charge in [0, 0.05) is 50.2 Å². The Balaban J connectivity index is 1.64. The predicted molar refractivity (Wildman–Crippen MR) is 102 cm³/mol. The number of amides is 1. The lowest BCUT2D eigenvalue weighted by molar-refractivity contribution is -0.138. The summed E-state index contributed by atoms with van der Waals surface area (Å²) < 4.78 is 44.8. The number of halogens is 3. The number of hydrogen-bond donors (Lipinski definition) is 0. The summed E-state index contributed by atoms with van der Waals surface area (Å²) in [5.74, 6) is 0.554. The number of nitrogens with zero attached hydrogens (tertiary/aromatic N) is 5. The van der Waals surface area contributed by atoms with Gasteiger partial charge >= 0.3 is 6.18 Å². The Hall–Kier alpha value is -3.11. The first-order valence-corrected chi connectivity index (χ1v) is 9.46. The lowest BCUT2D eigenvalue weighted by Crippen LogP contribution is -2.50. The van der Waals surface area contributed by atoms with Crippen LogP contribution in [0.2, 0.25) is 0 Å². The van der Waals surface area contributed by atoms with Gasteiger partial charge in [0.05, 0.1) is 12.2 Å². The summed E-state index contributed by atoms with van der Waals surface area (Å²) >= 11 is 0. The van der Waals surface area contributed by atoms with Crippen molar-refractivity contribution in [1.29, 1.82) is 0 Å². The fourth-order valence-corrected chi connectivity index (χ4v) is 3.11. The van der Waals surface area contributed by atoms with E-state index in [1.54, 1.807) is 6.07 Å². The second-order valence-electron chi connectivity index (χ2n) is 6.83. The predicted octanol–water partition coefficient (Wildman–Crippen LogP) is 1.71. The van der Waals surface area contributed by atoms with Gasteiger partial charge in [-0.25, -0.2) is 4.98 Å². The minimum atomic E-state index is -4.59. The molecule has 162 valence electrons. The lowest BCUT2D eigenvalue weighted by Gasteiger charge is -2.35. The first-order chi connectivity index (χ1) is 14.2. The number of carbonyl (C=O) groups is 1. The highest BCUT2D eigenvalue weighted by Crippen LogP contribution is 2.28. The van der Waals surface area contributed by atoms with E-state index in [9.17, 15) is 22.8 Å². The van der Waals surface area contributed by atoms with Gasteiger partial charge in [0.2, 0.25) is 17.7 Å². The molecule has 0 aromatic carbocycles. The van der Waals surface area contributed by atoms with Crippen LogP contribution in [0.4, 0.5) is 19.1 Å². The van der Waals surface area contributed by atoms with Crippen LogP contribution in [-0.2, 0) is 17.5 Å². The van der Waals surface area contributed by atoms with Gasteiger partial charge in [-0.2, -0.15) is 18.2 Å². The highest BCUT2D eigenvalue weighted by molar-refractivity contribution is 5.76. The highest BCUT2D eigenvalue weighted by atomic mass is 19.4. The van der Waals surface area contributed by atoms with Crippen molar-refractivity contribution in [1.82, 2.24) is 19.4 Å². The molecule has 1 aliphatic rings. The number of aryl methyl sites for hydroxylation is 1. The van der Waals surface area contributed by atoms with Crippen molar-refractivity contribution < 1.29 is 22.7 Å². The van der Waals surface area contributed by atoms with Crippen LogP contribution in [-0.4, -0.2) is 58.1 Å². The molecule has 0 atom stereocenters. The summed E-state index contributed by atoms with van der Waals surface area (Å²) in [5.41, 5.74) is -0.876. The van der Waals surface area contributed by atoms with Crippen molar-refractivity contribution in [3.8, 4) is 5.88 Å². The van der Waals surface area contributed by atoms with Crippen LogP contribution in [0.25, 0.3) is 0 Å². The average Bonchev–Trinajstić information content (AvgIpc) is 2.68. The van der Waals surface area contributed by atoms with Crippen molar-refractivity contribution >= 4 is 11.9 Å². The molecule has 2 aromatic heterocycles. The Kier molecular flexibility index (Phi) is 6.28. The molecule has 8 nitrogen and oxygen atoms in total. The Bertz CT molecular complexity index is 969. The number of anilines is 1. The number of alkyl halides is 3. The number of piperazine rings is 1. The molecular weight excluding hydrogens is 403 g/mol.